The minimum absolute atomic E-state index is 0.0665. The molecule has 0 saturated heterocycles. The maximum atomic E-state index is 7.81. The van der Waals surface area contributed by atoms with Gasteiger partial charge in [0, 0.05) is 12.0 Å². The number of hydroxylamine groups is 1. The third kappa shape index (κ3) is 9.59. The number of nitrogens with zero attached hydrogens (tertiary/aromatic N) is 1. The molecule has 5 aromatic rings. The van der Waals surface area contributed by atoms with Gasteiger partial charge in [0.1, 0.15) is 12.4 Å². The van der Waals surface area contributed by atoms with E-state index in [2.05, 4.69) is 193 Å². The van der Waals surface area contributed by atoms with Crippen molar-refractivity contribution in [1.82, 2.24) is 0 Å². The SMILES string of the molecule is CC(C)(C)[Si](C)(C)O[C@H]1/C=C\CN(O[Si](c2ccccc2)(c2ccccc2)C(C)(C)C)c2cc(COCc3ccccc3)cc(OCc3ccccc3)c2C1. The molecule has 0 radical (unpaired) electrons. The summed E-state index contributed by atoms with van der Waals surface area (Å²) in [5.74, 6) is 0.829. The largest absolute Gasteiger partial charge is 0.489 e. The van der Waals surface area contributed by atoms with Gasteiger partial charge < -0.3 is 18.4 Å². The molecule has 7 heteroatoms. The van der Waals surface area contributed by atoms with Gasteiger partial charge >= 0.3 is 0 Å². The van der Waals surface area contributed by atoms with Crippen LogP contribution in [0.1, 0.15) is 63.8 Å². The van der Waals surface area contributed by atoms with E-state index in [-0.39, 0.29) is 16.2 Å². The molecular formula is C48H59NO4Si2. The molecule has 1 atom stereocenters. The lowest BCUT2D eigenvalue weighted by molar-refractivity contribution is 0.107. The first kappa shape index (κ1) is 40.4. The summed E-state index contributed by atoms with van der Waals surface area (Å²) in [4.78, 5) is 0. The molecule has 0 bridgehead atoms. The van der Waals surface area contributed by atoms with Gasteiger partial charge in [-0.2, -0.15) is 0 Å². The van der Waals surface area contributed by atoms with Gasteiger partial charge in [-0.3, -0.25) is 5.06 Å². The number of ether oxygens (including phenoxy) is 2. The zero-order valence-corrected chi connectivity index (χ0v) is 36.0. The first-order valence-corrected chi connectivity index (χ1v) is 24.4. The van der Waals surface area contributed by atoms with Gasteiger partial charge in [0.15, 0.2) is 8.32 Å². The molecule has 6 rings (SSSR count). The summed E-state index contributed by atoms with van der Waals surface area (Å²) < 4.78 is 28.2. The van der Waals surface area contributed by atoms with Crippen molar-refractivity contribution in [2.45, 2.75) is 97.1 Å². The molecule has 0 amide bonds. The Morgan fingerprint density at radius 1 is 0.618 bits per heavy atom. The van der Waals surface area contributed by atoms with Crippen molar-refractivity contribution in [2.75, 3.05) is 11.6 Å². The van der Waals surface area contributed by atoms with Gasteiger partial charge in [-0.1, -0.05) is 175 Å². The minimum Gasteiger partial charge on any atom is -0.489 e. The fourth-order valence-corrected chi connectivity index (χ4v) is 12.8. The molecule has 288 valence electrons. The van der Waals surface area contributed by atoms with Crippen LogP contribution in [0, 0.1) is 0 Å². The third-order valence-corrected chi connectivity index (χ3v) is 20.5. The highest BCUT2D eigenvalue weighted by Crippen LogP contribution is 2.43. The van der Waals surface area contributed by atoms with E-state index >= 15 is 0 Å². The Morgan fingerprint density at radius 3 is 1.65 bits per heavy atom. The highest BCUT2D eigenvalue weighted by Gasteiger charge is 2.53. The number of hydrogen-bond acceptors (Lipinski definition) is 5. The van der Waals surface area contributed by atoms with Crippen molar-refractivity contribution in [3.05, 3.63) is 168 Å². The Balaban J connectivity index is 1.50. The lowest BCUT2D eigenvalue weighted by atomic mass is 10.00. The average Bonchev–Trinajstić information content (AvgIpc) is 3.15. The van der Waals surface area contributed by atoms with E-state index < -0.39 is 16.6 Å². The summed E-state index contributed by atoms with van der Waals surface area (Å²) in [5, 5.41) is 4.45. The Morgan fingerprint density at radius 2 is 1.13 bits per heavy atom. The van der Waals surface area contributed by atoms with Crippen LogP contribution in [0.15, 0.2) is 146 Å². The number of benzene rings is 5. The van der Waals surface area contributed by atoms with Crippen LogP contribution in [-0.2, 0) is 39.9 Å². The molecule has 1 heterocycles. The molecule has 1 aliphatic heterocycles. The molecule has 0 spiro atoms. The van der Waals surface area contributed by atoms with Gasteiger partial charge in [0.05, 0.1) is 31.5 Å². The maximum Gasteiger partial charge on any atom is 0.296 e. The van der Waals surface area contributed by atoms with Gasteiger partial charge in [-0.25, -0.2) is 0 Å². The highest BCUT2D eigenvalue weighted by molar-refractivity contribution is 6.99. The second-order valence-corrected chi connectivity index (χ2v) is 26.2. The summed E-state index contributed by atoms with van der Waals surface area (Å²) in [5.41, 5.74) is 5.35. The van der Waals surface area contributed by atoms with E-state index in [4.69, 9.17) is 18.4 Å². The van der Waals surface area contributed by atoms with Crippen molar-refractivity contribution >= 4 is 32.7 Å². The lowest BCUT2D eigenvalue weighted by Gasteiger charge is -2.46. The van der Waals surface area contributed by atoms with Gasteiger partial charge in [0.2, 0.25) is 0 Å². The van der Waals surface area contributed by atoms with Gasteiger partial charge in [-0.05, 0) is 62.4 Å². The van der Waals surface area contributed by atoms with Crippen LogP contribution in [0.5, 0.6) is 5.75 Å². The van der Waals surface area contributed by atoms with Crippen LogP contribution in [0.25, 0.3) is 0 Å². The second-order valence-electron chi connectivity index (χ2n) is 17.2. The van der Waals surface area contributed by atoms with Crippen LogP contribution in [0.2, 0.25) is 23.2 Å². The van der Waals surface area contributed by atoms with E-state index in [1.807, 2.05) is 12.1 Å². The predicted octanol–water partition coefficient (Wildman–Crippen LogP) is 10.8. The molecule has 55 heavy (non-hydrogen) atoms. The van der Waals surface area contributed by atoms with Crippen molar-refractivity contribution in [1.29, 1.82) is 0 Å². The molecular weight excluding hydrogens is 711 g/mol. The zero-order chi connectivity index (χ0) is 39.1. The molecule has 5 nitrogen and oxygen atoms in total. The van der Waals surface area contributed by atoms with E-state index in [1.54, 1.807) is 0 Å². The van der Waals surface area contributed by atoms with Crippen LogP contribution >= 0.6 is 0 Å². The van der Waals surface area contributed by atoms with Gasteiger partial charge in [0.25, 0.3) is 8.32 Å². The summed E-state index contributed by atoms with van der Waals surface area (Å²) in [6, 6.07) is 46.9. The lowest BCUT2D eigenvalue weighted by Crippen LogP contribution is -2.69. The molecule has 0 aromatic heterocycles. The maximum absolute atomic E-state index is 7.81. The molecule has 0 aliphatic carbocycles. The quantitative estimate of drug-likeness (QED) is 0.0881. The first-order valence-electron chi connectivity index (χ1n) is 19.6. The Hall–Kier alpha value is -4.25. The number of anilines is 1. The number of hydrogen-bond donors (Lipinski definition) is 0. The van der Waals surface area contributed by atoms with Crippen LogP contribution in [0.4, 0.5) is 5.69 Å². The van der Waals surface area contributed by atoms with E-state index in [0.717, 1.165) is 33.7 Å². The normalized spacial score (nSPS) is 15.9. The average molecular weight is 770 g/mol. The molecule has 0 unspecified atom stereocenters. The topological polar surface area (TPSA) is 40.2 Å². The second kappa shape index (κ2) is 17.3. The van der Waals surface area contributed by atoms with Crippen LogP contribution < -0.4 is 20.2 Å². The van der Waals surface area contributed by atoms with E-state index in [0.29, 0.717) is 32.8 Å². The monoisotopic (exact) mass is 769 g/mol. The predicted molar refractivity (Wildman–Crippen MR) is 233 cm³/mol. The fraction of sp³-hybridized carbons (Fsp3) is 0.333. The summed E-state index contributed by atoms with van der Waals surface area (Å²) in [7, 11) is -5.12. The summed E-state index contributed by atoms with van der Waals surface area (Å²) in [6.45, 7) is 20.5. The summed E-state index contributed by atoms with van der Waals surface area (Å²) >= 11 is 0. The Labute approximate surface area is 332 Å². The Kier molecular flexibility index (Phi) is 12.7. The fourth-order valence-electron chi connectivity index (χ4n) is 7.11. The van der Waals surface area contributed by atoms with Crippen molar-refractivity contribution < 1.29 is 18.4 Å². The zero-order valence-electron chi connectivity index (χ0n) is 34.0. The molecule has 1 aliphatic rings. The summed E-state index contributed by atoms with van der Waals surface area (Å²) in [6.07, 6.45) is 5.02. The number of rotatable bonds is 13. The van der Waals surface area contributed by atoms with Crippen LogP contribution in [-0.4, -0.2) is 29.3 Å². The Bertz CT molecular complexity index is 1950. The van der Waals surface area contributed by atoms with Crippen molar-refractivity contribution in [2.24, 2.45) is 0 Å². The van der Waals surface area contributed by atoms with E-state index in [9.17, 15) is 0 Å². The smallest absolute Gasteiger partial charge is 0.296 e. The minimum atomic E-state index is -3.00. The van der Waals surface area contributed by atoms with Crippen LogP contribution in [0.3, 0.4) is 0 Å². The molecule has 5 aromatic carbocycles. The standard InChI is InChI=1S/C48H59NO4Si2/c1-47(2,3)54(7,8)52-41-26-21-31-49(53-55(48(4,5)6,42-27-17-11-18-28-42)43-29-19-12-20-30-43)45-32-40(36-50-35-38-22-13-9-14-23-38)33-46(44(45)34-41)51-37-39-24-15-10-16-25-39/h9-30,32-33,41H,31,34-37H2,1-8H3/b26-21-/t41-/m0/s1. The van der Waals surface area contributed by atoms with Crippen molar-refractivity contribution in [3.63, 3.8) is 0 Å². The molecule has 0 saturated carbocycles. The van der Waals surface area contributed by atoms with E-state index in [1.165, 1.54) is 10.4 Å². The highest BCUT2D eigenvalue weighted by atomic mass is 28.4. The van der Waals surface area contributed by atoms with Gasteiger partial charge in [-0.15, -0.1) is 0 Å². The number of fused-ring (bicyclic) bond motifs is 1. The first-order chi connectivity index (χ1) is 26.3. The third-order valence-electron chi connectivity index (χ3n) is 11.1. The molecule has 0 fully saturated rings. The van der Waals surface area contributed by atoms with Crippen molar-refractivity contribution in [3.8, 4) is 5.75 Å². The molecule has 0 N–H and O–H groups in total.